The average Bonchev–Trinajstić information content (AvgIpc) is 2.80. The maximum Gasteiger partial charge on any atom is 0.163 e. The van der Waals surface area contributed by atoms with Gasteiger partial charge in [0.05, 0.1) is 24.7 Å². The van der Waals surface area contributed by atoms with E-state index in [1.807, 2.05) is 28.1 Å². The van der Waals surface area contributed by atoms with E-state index in [9.17, 15) is 0 Å². The maximum absolute atomic E-state index is 5.35. The van der Waals surface area contributed by atoms with Gasteiger partial charge in [-0.15, -0.1) is 0 Å². The van der Waals surface area contributed by atoms with E-state index in [1.54, 1.807) is 10.9 Å². The van der Waals surface area contributed by atoms with Crippen molar-refractivity contribution in [1.29, 1.82) is 0 Å². The Kier molecular flexibility index (Phi) is 4.86. The van der Waals surface area contributed by atoms with E-state index in [2.05, 4.69) is 25.3 Å². The van der Waals surface area contributed by atoms with Gasteiger partial charge in [0.2, 0.25) is 0 Å². The number of likely N-dealkylation sites (N-methyl/N-ethyl adjacent to an activating group) is 1. The van der Waals surface area contributed by atoms with E-state index in [-0.39, 0.29) is 0 Å². The van der Waals surface area contributed by atoms with Gasteiger partial charge in [0.15, 0.2) is 5.65 Å². The highest BCUT2D eigenvalue weighted by Crippen LogP contribution is 2.19. The standard InChI is InChI=1S/C13H22N6O/c1-5-20-7-6-18(3)9-11-16-12(14-2)10-8-15-19(4)13(10)17-11/h8H,5-7,9H2,1-4H3,(H,14,16,17). The molecule has 7 heteroatoms. The van der Waals surface area contributed by atoms with Gasteiger partial charge in [-0.05, 0) is 14.0 Å². The third-order valence-electron chi connectivity index (χ3n) is 3.11. The monoisotopic (exact) mass is 278 g/mol. The number of nitrogens with one attached hydrogen (secondary N) is 1. The molecule has 0 aliphatic rings. The summed E-state index contributed by atoms with van der Waals surface area (Å²) in [5, 5.41) is 8.27. The Morgan fingerprint density at radius 1 is 1.40 bits per heavy atom. The van der Waals surface area contributed by atoms with Crippen LogP contribution in [0, 0.1) is 0 Å². The molecule has 7 nitrogen and oxygen atoms in total. The van der Waals surface area contributed by atoms with Gasteiger partial charge in [0.25, 0.3) is 0 Å². The van der Waals surface area contributed by atoms with E-state index in [0.29, 0.717) is 6.54 Å². The van der Waals surface area contributed by atoms with Crippen molar-refractivity contribution in [3.05, 3.63) is 12.0 Å². The molecular formula is C13H22N6O. The van der Waals surface area contributed by atoms with Gasteiger partial charge in [-0.1, -0.05) is 0 Å². The Labute approximate surface area is 119 Å². The lowest BCUT2D eigenvalue weighted by Crippen LogP contribution is -2.24. The van der Waals surface area contributed by atoms with Crippen LogP contribution in [0.5, 0.6) is 0 Å². The minimum atomic E-state index is 0.683. The molecule has 0 aromatic carbocycles. The quantitative estimate of drug-likeness (QED) is 0.758. The molecule has 1 N–H and O–H groups in total. The number of rotatable bonds is 7. The van der Waals surface area contributed by atoms with Crippen LogP contribution in [0.4, 0.5) is 5.82 Å². The predicted molar refractivity (Wildman–Crippen MR) is 78.7 cm³/mol. The first kappa shape index (κ1) is 14.7. The molecule has 0 aliphatic carbocycles. The molecule has 0 saturated carbocycles. The molecule has 0 atom stereocenters. The second kappa shape index (κ2) is 6.62. The van der Waals surface area contributed by atoms with Crippen LogP contribution in [0.15, 0.2) is 6.20 Å². The number of ether oxygens (including phenoxy) is 1. The van der Waals surface area contributed by atoms with Gasteiger partial charge in [-0.3, -0.25) is 9.58 Å². The summed E-state index contributed by atoms with van der Waals surface area (Å²) in [6, 6.07) is 0. The molecule has 110 valence electrons. The second-order valence-electron chi connectivity index (χ2n) is 4.68. The molecule has 0 fully saturated rings. The van der Waals surface area contributed by atoms with Gasteiger partial charge < -0.3 is 10.1 Å². The first-order valence-electron chi connectivity index (χ1n) is 6.78. The fraction of sp³-hybridized carbons (Fsp3) is 0.615. The van der Waals surface area contributed by atoms with E-state index in [4.69, 9.17) is 4.74 Å². The molecule has 0 bridgehead atoms. The Morgan fingerprint density at radius 2 is 2.20 bits per heavy atom. The summed E-state index contributed by atoms with van der Waals surface area (Å²) in [6.45, 7) is 5.01. The number of fused-ring (bicyclic) bond motifs is 1. The lowest BCUT2D eigenvalue weighted by atomic mass is 10.3. The SMILES string of the molecule is CCOCCN(C)Cc1nc(NC)c2cnn(C)c2n1. The van der Waals surface area contributed by atoms with Crippen molar-refractivity contribution >= 4 is 16.9 Å². The van der Waals surface area contributed by atoms with Crippen molar-refractivity contribution in [3.8, 4) is 0 Å². The maximum atomic E-state index is 5.35. The number of hydrogen-bond acceptors (Lipinski definition) is 6. The van der Waals surface area contributed by atoms with E-state index in [1.165, 1.54) is 0 Å². The molecule has 2 aromatic heterocycles. The summed E-state index contributed by atoms with van der Waals surface area (Å²) in [6.07, 6.45) is 1.78. The van der Waals surface area contributed by atoms with E-state index in [0.717, 1.165) is 42.4 Å². The van der Waals surface area contributed by atoms with Gasteiger partial charge >= 0.3 is 0 Å². The number of nitrogens with zero attached hydrogens (tertiary/aromatic N) is 5. The van der Waals surface area contributed by atoms with Crippen molar-refractivity contribution in [2.24, 2.45) is 7.05 Å². The van der Waals surface area contributed by atoms with Crippen molar-refractivity contribution < 1.29 is 4.74 Å². The lowest BCUT2D eigenvalue weighted by Gasteiger charge is -2.16. The second-order valence-corrected chi connectivity index (χ2v) is 4.68. The lowest BCUT2D eigenvalue weighted by molar-refractivity contribution is 0.119. The molecule has 20 heavy (non-hydrogen) atoms. The van der Waals surface area contributed by atoms with E-state index < -0.39 is 0 Å². The molecule has 0 unspecified atom stereocenters. The van der Waals surface area contributed by atoms with Crippen LogP contribution in [0.3, 0.4) is 0 Å². The minimum Gasteiger partial charge on any atom is -0.380 e. The van der Waals surface area contributed by atoms with E-state index >= 15 is 0 Å². The van der Waals surface area contributed by atoms with Crippen molar-refractivity contribution in [1.82, 2.24) is 24.6 Å². The average molecular weight is 278 g/mol. The van der Waals surface area contributed by atoms with Gasteiger partial charge in [-0.25, -0.2) is 9.97 Å². The third kappa shape index (κ3) is 3.23. The third-order valence-corrected chi connectivity index (χ3v) is 3.11. The molecule has 0 spiro atoms. The molecule has 2 aromatic rings. The Hall–Kier alpha value is -1.73. The zero-order valence-corrected chi connectivity index (χ0v) is 12.6. The first-order valence-corrected chi connectivity index (χ1v) is 6.78. The summed E-state index contributed by atoms with van der Waals surface area (Å²) >= 11 is 0. The fourth-order valence-corrected chi connectivity index (χ4v) is 2.01. The number of aryl methyl sites for hydroxylation is 1. The molecule has 2 rings (SSSR count). The van der Waals surface area contributed by atoms with Crippen molar-refractivity contribution in [3.63, 3.8) is 0 Å². The highest BCUT2D eigenvalue weighted by atomic mass is 16.5. The van der Waals surface area contributed by atoms with Crippen LogP contribution in [0.25, 0.3) is 11.0 Å². The zero-order valence-electron chi connectivity index (χ0n) is 12.6. The predicted octanol–water partition coefficient (Wildman–Crippen LogP) is 0.873. The molecule has 0 amide bonds. The summed E-state index contributed by atoms with van der Waals surface area (Å²) in [5.74, 6) is 1.60. The molecular weight excluding hydrogens is 256 g/mol. The Morgan fingerprint density at radius 3 is 2.90 bits per heavy atom. The van der Waals surface area contributed by atoms with Crippen LogP contribution in [0.2, 0.25) is 0 Å². The fourth-order valence-electron chi connectivity index (χ4n) is 2.01. The molecule has 0 aliphatic heterocycles. The van der Waals surface area contributed by atoms with Crippen molar-refractivity contribution in [2.45, 2.75) is 13.5 Å². The van der Waals surface area contributed by atoms with Gasteiger partial charge in [0.1, 0.15) is 11.6 Å². The summed E-state index contributed by atoms with van der Waals surface area (Å²) < 4.78 is 7.12. The zero-order chi connectivity index (χ0) is 14.5. The number of hydrogen-bond donors (Lipinski definition) is 1. The normalized spacial score (nSPS) is 11.4. The molecule has 0 radical (unpaired) electrons. The highest BCUT2D eigenvalue weighted by molar-refractivity contribution is 5.86. The van der Waals surface area contributed by atoms with Crippen molar-refractivity contribution in [2.75, 3.05) is 39.2 Å². The van der Waals surface area contributed by atoms with Crippen LogP contribution in [-0.2, 0) is 18.3 Å². The largest absolute Gasteiger partial charge is 0.380 e. The van der Waals surface area contributed by atoms with Crippen LogP contribution in [0.1, 0.15) is 12.7 Å². The smallest absolute Gasteiger partial charge is 0.163 e. The molecule has 2 heterocycles. The first-order chi connectivity index (χ1) is 9.65. The van der Waals surface area contributed by atoms with Crippen LogP contribution in [-0.4, -0.2) is 58.5 Å². The summed E-state index contributed by atoms with van der Waals surface area (Å²) in [7, 11) is 5.78. The van der Waals surface area contributed by atoms with Gasteiger partial charge in [0, 0.05) is 27.2 Å². The summed E-state index contributed by atoms with van der Waals surface area (Å²) in [4.78, 5) is 11.3. The molecule has 0 saturated heterocycles. The Balaban J connectivity index is 2.15. The minimum absolute atomic E-state index is 0.683. The number of anilines is 1. The van der Waals surface area contributed by atoms with Crippen LogP contribution < -0.4 is 5.32 Å². The highest BCUT2D eigenvalue weighted by Gasteiger charge is 2.11. The van der Waals surface area contributed by atoms with Crippen LogP contribution >= 0.6 is 0 Å². The summed E-state index contributed by atoms with van der Waals surface area (Å²) in [5.41, 5.74) is 0.845. The number of aromatic nitrogens is 4. The van der Waals surface area contributed by atoms with Gasteiger partial charge in [-0.2, -0.15) is 5.10 Å². The topological polar surface area (TPSA) is 68.1 Å². The Bertz CT molecular complexity index is 567.